The molecule has 0 aliphatic heterocycles. The fraction of sp³-hybridized carbons (Fsp3) is 0.222. The van der Waals surface area contributed by atoms with Crippen LogP contribution in [0.25, 0.3) is 16.6 Å². The number of rotatable bonds is 4. The highest BCUT2D eigenvalue weighted by molar-refractivity contribution is 5.99. The molecule has 0 saturated heterocycles. The Bertz CT molecular complexity index is 1560. The van der Waals surface area contributed by atoms with E-state index in [4.69, 9.17) is 0 Å². The van der Waals surface area contributed by atoms with E-state index in [1.54, 1.807) is 31.3 Å². The van der Waals surface area contributed by atoms with E-state index in [1.807, 2.05) is 0 Å². The minimum Gasteiger partial charge on any atom is -0.344 e. The van der Waals surface area contributed by atoms with E-state index in [0.717, 1.165) is 28.8 Å². The number of nitrogens with one attached hydrogen (secondary N) is 1. The third-order valence-corrected chi connectivity index (χ3v) is 6.45. The number of aromatic nitrogens is 2. The van der Waals surface area contributed by atoms with E-state index in [1.165, 1.54) is 18.2 Å². The fourth-order valence-electron chi connectivity index (χ4n) is 4.66. The second-order valence-electron chi connectivity index (χ2n) is 9.03. The molecule has 2 heterocycles. The Morgan fingerprint density at radius 3 is 2.38 bits per heavy atom. The Morgan fingerprint density at radius 2 is 1.73 bits per heavy atom. The first-order valence-corrected chi connectivity index (χ1v) is 11.4. The van der Waals surface area contributed by atoms with Crippen LogP contribution in [-0.4, -0.2) is 21.4 Å². The zero-order valence-electron chi connectivity index (χ0n) is 19.4. The number of pyridine rings is 2. The summed E-state index contributed by atoms with van der Waals surface area (Å²) in [6, 6.07) is 13.1. The zero-order valence-corrected chi connectivity index (χ0v) is 19.4. The van der Waals surface area contributed by atoms with Gasteiger partial charge in [-0.05, 0) is 67.1 Å². The third-order valence-electron chi connectivity index (χ3n) is 6.45. The molecule has 2 aromatic heterocycles. The topological polar surface area (TPSA) is 64.0 Å². The van der Waals surface area contributed by atoms with Crippen LogP contribution in [-0.2, 0) is 19.0 Å². The molecule has 5 nitrogen and oxygen atoms in total. The number of benzene rings is 2. The molecule has 1 N–H and O–H groups in total. The predicted molar refractivity (Wildman–Crippen MR) is 127 cm³/mol. The number of carbonyl (C=O) groups is 1. The van der Waals surface area contributed by atoms with Crippen LogP contribution >= 0.6 is 0 Å². The molecule has 2 aromatic carbocycles. The van der Waals surface area contributed by atoms with Crippen molar-refractivity contribution < 1.29 is 26.7 Å². The summed E-state index contributed by atoms with van der Waals surface area (Å²) < 4.78 is 69.1. The van der Waals surface area contributed by atoms with Crippen molar-refractivity contribution in [1.29, 1.82) is 0 Å². The van der Waals surface area contributed by atoms with Gasteiger partial charge < -0.3 is 5.32 Å². The van der Waals surface area contributed by atoms with E-state index in [9.17, 15) is 31.5 Å². The number of hydrogen-bond donors (Lipinski definition) is 1. The summed E-state index contributed by atoms with van der Waals surface area (Å²) in [6.45, 7) is 1.75. The molecule has 0 unspecified atom stereocenters. The molecule has 5 rings (SSSR count). The highest BCUT2D eigenvalue weighted by Crippen LogP contribution is 2.38. The molecular weight excluding hydrogens is 493 g/mol. The monoisotopic (exact) mass is 513 g/mol. The quantitative estimate of drug-likeness (QED) is 0.360. The van der Waals surface area contributed by atoms with Crippen molar-refractivity contribution in [2.75, 3.05) is 0 Å². The maximum absolute atomic E-state index is 14.4. The summed E-state index contributed by atoms with van der Waals surface area (Å²) in [4.78, 5) is 30.5. The van der Waals surface area contributed by atoms with Crippen molar-refractivity contribution in [3.63, 3.8) is 0 Å². The van der Waals surface area contributed by atoms with Gasteiger partial charge in [0, 0.05) is 41.2 Å². The van der Waals surface area contributed by atoms with Crippen molar-refractivity contribution >= 4 is 16.8 Å². The van der Waals surface area contributed by atoms with Gasteiger partial charge in [0.1, 0.15) is 0 Å². The van der Waals surface area contributed by atoms with Gasteiger partial charge in [-0.25, -0.2) is 8.78 Å². The van der Waals surface area contributed by atoms with Crippen molar-refractivity contribution in [3.05, 3.63) is 105 Å². The first-order chi connectivity index (χ1) is 17.4. The van der Waals surface area contributed by atoms with Gasteiger partial charge in [-0.2, -0.15) is 13.2 Å². The Balaban J connectivity index is 1.62. The Kier molecular flexibility index (Phi) is 5.85. The number of hydrogen-bond acceptors (Lipinski definition) is 3. The van der Waals surface area contributed by atoms with Gasteiger partial charge in [-0.3, -0.25) is 19.1 Å². The first-order valence-electron chi connectivity index (χ1n) is 11.4. The van der Waals surface area contributed by atoms with Gasteiger partial charge in [-0.1, -0.05) is 6.07 Å². The Labute approximate surface area is 207 Å². The molecule has 1 aliphatic rings. The van der Waals surface area contributed by atoms with E-state index in [-0.39, 0.29) is 33.3 Å². The van der Waals surface area contributed by atoms with Gasteiger partial charge in [0.25, 0.3) is 17.4 Å². The van der Waals surface area contributed by atoms with E-state index >= 15 is 0 Å². The largest absolute Gasteiger partial charge is 0.416 e. The number of amides is 1. The molecule has 4 aromatic rings. The average Bonchev–Trinajstić information content (AvgIpc) is 3.20. The van der Waals surface area contributed by atoms with Crippen LogP contribution in [0.4, 0.5) is 22.0 Å². The van der Waals surface area contributed by atoms with Gasteiger partial charge in [-0.15, -0.1) is 0 Å². The van der Waals surface area contributed by atoms with Crippen LogP contribution in [0, 0.1) is 0 Å². The van der Waals surface area contributed by atoms with E-state index < -0.39 is 48.0 Å². The summed E-state index contributed by atoms with van der Waals surface area (Å²) in [5.74, 6) is -3.62. The summed E-state index contributed by atoms with van der Waals surface area (Å²) in [5.41, 5.74) is -0.462. The van der Waals surface area contributed by atoms with Crippen LogP contribution in [0.3, 0.4) is 0 Å². The Hall–Kier alpha value is -4.08. The molecule has 0 radical (unpaired) electrons. The molecule has 0 fully saturated rings. The van der Waals surface area contributed by atoms with Crippen molar-refractivity contribution in [2.24, 2.45) is 0 Å². The second-order valence-corrected chi connectivity index (χ2v) is 9.03. The molecule has 0 saturated carbocycles. The molecule has 1 aliphatic carbocycles. The SMILES string of the molecule is C[C@H](NC(=O)c1ccc2c(c1)c1c(c(=O)n2-c2ccc(C(F)(F)F)cc2)CC(F)(F)C1)c1ccccn1. The number of fused-ring (bicyclic) bond motifs is 3. The smallest absolute Gasteiger partial charge is 0.344 e. The van der Waals surface area contributed by atoms with Crippen molar-refractivity contribution in [3.8, 4) is 5.69 Å². The van der Waals surface area contributed by atoms with Crippen LogP contribution in [0.15, 0.2) is 71.7 Å². The molecule has 37 heavy (non-hydrogen) atoms. The maximum Gasteiger partial charge on any atom is 0.416 e. The lowest BCUT2D eigenvalue weighted by atomic mass is 10.0. The van der Waals surface area contributed by atoms with Crippen LogP contribution in [0.5, 0.6) is 0 Å². The fourth-order valence-corrected chi connectivity index (χ4v) is 4.66. The number of halogens is 5. The van der Waals surface area contributed by atoms with Gasteiger partial charge in [0.2, 0.25) is 0 Å². The van der Waals surface area contributed by atoms with Crippen LogP contribution < -0.4 is 10.9 Å². The lowest BCUT2D eigenvalue weighted by Gasteiger charge is -2.17. The maximum atomic E-state index is 14.4. The second kappa shape index (κ2) is 8.79. The predicted octanol–water partition coefficient (Wildman–Crippen LogP) is 5.63. The molecule has 0 bridgehead atoms. The van der Waals surface area contributed by atoms with E-state index in [0.29, 0.717) is 5.69 Å². The van der Waals surface area contributed by atoms with Crippen molar-refractivity contribution in [2.45, 2.75) is 37.9 Å². The van der Waals surface area contributed by atoms with Crippen molar-refractivity contribution in [1.82, 2.24) is 14.9 Å². The molecular formula is C27H20F5N3O2. The van der Waals surface area contributed by atoms with Gasteiger partial charge >= 0.3 is 6.18 Å². The molecule has 190 valence electrons. The van der Waals surface area contributed by atoms with Crippen LogP contribution in [0.1, 0.15) is 45.7 Å². The number of carbonyl (C=O) groups excluding carboxylic acids is 1. The summed E-state index contributed by atoms with van der Waals surface area (Å²) in [7, 11) is 0. The summed E-state index contributed by atoms with van der Waals surface area (Å²) in [5, 5.41) is 3.08. The minimum atomic E-state index is -4.57. The minimum absolute atomic E-state index is 0.0991. The normalized spacial score (nSPS) is 15.4. The van der Waals surface area contributed by atoms with Gasteiger partial charge in [0.05, 0.1) is 22.8 Å². The molecule has 10 heteroatoms. The summed E-state index contributed by atoms with van der Waals surface area (Å²) >= 11 is 0. The Morgan fingerprint density at radius 1 is 1.03 bits per heavy atom. The van der Waals surface area contributed by atoms with E-state index in [2.05, 4.69) is 10.3 Å². The third kappa shape index (κ3) is 4.59. The highest BCUT2D eigenvalue weighted by Gasteiger charge is 2.41. The molecule has 1 amide bonds. The number of nitrogens with zero attached hydrogens (tertiary/aromatic N) is 2. The van der Waals surface area contributed by atoms with Crippen LogP contribution in [0.2, 0.25) is 0 Å². The summed E-state index contributed by atoms with van der Waals surface area (Å²) in [6.07, 6.45) is -4.43. The van der Waals surface area contributed by atoms with Gasteiger partial charge in [0.15, 0.2) is 0 Å². The highest BCUT2D eigenvalue weighted by atomic mass is 19.4. The lowest BCUT2D eigenvalue weighted by molar-refractivity contribution is -0.137. The standard InChI is InChI=1S/C27H20F5N3O2/c1-15(22-4-2-3-11-33-22)34-24(36)16-5-10-23-19(12-16)20-13-26(28,29)14-21(20)25(37)35(23)18-8-6-17(7-9-18)27(30,31)32/h2-12,15H,13-14H2,1H3,(H,34,36)/t15-/m0/s1. The first kappa shape index (κ1) is 24.6. The number of alkyl halides is 5. The molecule has 0 spiro atoms. The molecule has 1 atom stereocenters. The average molecular weight is 513 g/mol. The lowest BCUT2D eigenvalue weighted by Crippen LogP contribution is -2.27. The zero-order chi connectivity index (χ0) is 26.5.